The Hall–Kier alpha value is -4.74. The van der Waals surface area contributed by atoms with Crippen LogP contribution in [0.2, 0.25) is 0 Å². The molecule has 11 heteroatoms. The van der Waals surface area contributed by atoms with Crippen LogP contribution in [-0.2, 0) is 22.4 Å². The fourth-order valence-electron chi connectivity index (χ4n) is 4.90. The van der Waals surface area contributed by atoms with Gasteiger partial charge < -0.3 is 21.1 Å². The number of methoxy groups -OCH3 is 1. The monoisotopic (exact) mass is 583 g/mol. The normalized spacial score (nSPS) is 15.7. The first-order chi connectivity index (χ1) is 20.7. The van der Waals surface area contributed by atoms with Gasteiger partial charge in [0.1, 0.15) is 11.4 Å². The van der Waals surface area contributed by atoms with Gasteiger partial charge in [-0.05, 0) is 55.5 Å². The van der Waals surface area contributed by atoms with Crippen molar-refractivity contribution < 1.29 is 23.9 Å². The molecule has 1 saturated heterocycles. The summed E-state index contributed by atoms with van der Waals surface area (Å²) in [6, 6.07) is 17.2. The van der Waals surface area contributed by atoms with E-state index in [9.17, 15) is 19.2 Å². The average Bonchev–Trinajstić information content (AvgIpc) is 3.56. The maximum Gasteiger partial charge on any atom is 0.412 e. The van der Waals surface area contributed by atoms with Crippen LogP contribution in [0.15, 0.2) is 66.7 Å². The molecule has 2 heterocycles. The van der Waals surface area contributed by atoms with Gasteiger partial charge in [0.05, 0.1) is 25.2 Å². The zero-order valence-corrected chi connectivity index (χ0v) is 23.9. The van der Waals surface area contributed by atoms with Crippen molar-refractivity contribution in [1.29, 1.82) is 5.41 Å². The van der Waals surface area contributed by atoms with Crippen molar-refractivity contribution in [3.8, 4) is 0 Å². The Labute approximate surface area is 250 Å². The molecular weight excluding hydrogens is 548 g/mol. The molecule has 0 bridgehead atoms. The number of hydrogen-bond acceptors (Lipinski definition) is 9. The highest BCUT2D eigenvalue weighted by Crippen LogP contribution is 2.21. The number of ether oxygens (including phenoxy) is 1. The van der Waals surface area contributed by atoms with Gasteiger partial charge in [-0.15, -0.1) is 0 Å². The number of carbonyl (C=O) groups is 4. The predicted octanol–water partition coefficient (Wildman–Crippen LogP) is 2.36. The molecule has 1 radical (unpaired) electrons. The van der Waals surface area contributed by atoms with Crippen LogP contribution in [0.5, 0.6) is 0 Å². The van der Waals surface area contributed by atoms with Crippen LogP contribution in [0.25, 0.3) is 0 Å². The summed E-state index contributed by atoms with van der Waals surface area (Å²) in [7, 11) is 1.14. The van der Waals surface area contributed by atoms with Gasteiger partial charge >= 0.3 is 6.09 Å². The molecule has 3 atom stereocenters. The van der Waals surface area contributed by atoms with Gasteiger partial charge in [-0.25, -0.2) is 9.78 Å². The van der Waals surface area contributed by atoms with Gasteiger partial charge in [0, 0.05) is 12.0 Å². The lowest BCUT2D eigenvalue weighted by Crippen LogP contribution is -2.50. The molecule has 6 N–H and O–H groups in total. The van der Waals surface area contributed by atoms with E-state index in [-0.39, 0.29) is 41.1 Å². The summed E-state index contributed by atoms with van der Waals surface area (Å²) in [5, 5.41) is 16.5. The van der Waals surface area contributed by atoms with Crippen molar-refractivity contribution in [3.63, 3.8) is 0 Å². The third kappa shape index (κ3) is 7.97. The Kier molecular flexibility index (Phi) is 10.5. The Morgan fingerprint density at radius 1 is 1.07 bits per heavy atom. The van der Waals surface area contributed by atoms with E-state index in [0.717, 1.165) is 24.7 Å². The number of alkyl carbamates (subject to hydrolysis) is 1. The number of ketones is 2. The molecule has 2 aromatic carbocycles. The van der Waals surface area contributed by atoms with Gasteiger partial charge in [0.25, 0.3) is 0 Å². The Bertz CT molecular complexity index is 1490. The van der Waals surface area contributed by atoms with Crippen molar-refractivity contribution in [1.82, 2.24) is 20.9 Å². The summed E-state index contributed by atoms with van der Waals surface area (Å²) < 4.78 is 4.58. The summed E-state index contributed by atoms with van der Waals surface area (Å²) in [6.45, 7) is 4.67. The molecule has 4 rings (SSSR count). The molecule has 0 unspecified atom stereocenters. The molecule has 223 valence electrons. The van der Waals surface area contributed by atoms with Gasteiger partial charge in [-0.3, -0.25) is 25.1 Å². The minimum absolute atomic E-state index is 0.0133. The Balaban J connectivity index is 1.71. The number of nitrogens with zero attached hydrogens (tertiary/aromatic N) is 1. The van der Waals surface area contributed by atoms with Gasteiger partial charge in [-0.2, -0.15) is 0 Å². The van der Waals surface area contributed by atoms with Crippen LogP contribution in [0.1, 0.15) is 56.1 Å². The first-order valence-corrected chi connectivity index (χ1v) is 13.9. The smallest absolute Gasteiger partial charge is 0.412 e. The fraction of sp³-hybridized carbons (Fsp3) is 0.281. The van der Waals surface area contributed by atoms with E-state index in [1.54, 1.807) is 0 Å². The zero-order valence-electron chi connectivity index (χ0n) is 23.9. The minimum atomic E-state index is -1.08. The van der Waals surface area contributed by atoms with Crippen LogP contribution in [-0.4, -0.2) is 66.2 Å². The first-order valence-electron chi connectivity index (χ1n) is 13.9. The largest absolute Gasteiger partial charge is 0.453 e. The summed E-state index contributed by atoms with van der Waals surface area (Å²) in [5.41, 5.74) is 7.72. The topological polar surface area (TPSA) is 176 Å². The second-order valence-corrected chi connectivity index (χ2v) is 10.3. The quantitative estimate of drug-likeness (QED) is 0.130. The van der Waals surface area contributed by atoms with Gasteiger partial charge in [0.15, 0.2) is 17.4 Å². The lowest BCUT2D eigenvalue weighted by atomic mass is 9.91. The molecule has 2 amide bonds. The van der Waals surface area contributed by atoms with Crippen LogP contribution in [0.4, 0.5) is 4.79 Å². The van der Waals surface area contributed by atoms with E-state index in [2.05, 4.69) is 32.6 Å². The van der Waals surface area contributed by atoms with E-state index in [1.165, 1.54) is 6.07 Å². The summed E-state index contributed by atoms with van der Waals surface area (Å²) >= 11 is 0. The summed E-state index contributed by atoms with van der Waals surface area (Å²) in [6.07, 6.45) is 0.860. The number of nitrogens with two attached hydrogens (primary N) is 1. The molecule has 11 nitrogen and oxygen atoms in total. The van der Waals surface area contributed by atoms with Crippen molar-refractivity contribution >= 4 is 29.4 Å². The van der Waals surface area contributed by atoms with Gasteiger partial charge in [-0.1, -0.05) is 60.7 Å². The highest BCUT2D eigenvalue weighted by Gasteiger charge is 2.32. The molecule has 1 aromatic heterocycles. The fourth-order valence-corrected chi connectivity index (χ4v) is 4.90. The number of amides is 2. The summed E-state index contributed by atoms with van der Waals surface area (Å²) in [4.78, 5) is 57.1. The van der Waals surface area contributed by atoms with Crippen LogP contribution < -0.4 is 21.7 Å². The number of amidine groups is 1. The lowest BCUT2D eigenvalue weighted by Gasteiger charge is -2.22. The van der Waals surface area contributed by atoms with Crippen LogP contribution in [0.3, 0.4) is 0 Å². The highest BCUT2D eigenvalue weighted by atomic mass is 16.5. The SMILES string of the molecule is [CH2]c1c(C(=O)[C@H](Cc2ccccc2)NC(=O)[C@@H](N)Cc2ccccc2)cc(C(=N)NC(=O)OC)nc1C(=O)[C@@H]1CCCN1. The van der Waals surface area contributed by atoms with Crippen LogP contribution in [0, 0.1) is 12.3 Å². The van der Waals surface area contributed by atoms with Crippen molar-refractivity contribution in [3.05, 3.63) is 107 Å². The maximum atomic E-state index is 14.2. The number of pyridine rings is 1. The zero-order chi connectivity index (χ0) is 30.9. The predicted molar refractivity (Wildman–Crippen MR) is 161 cm³/mol. The number of carbonyl (C=O) groups excluding carboxylic acids is 4. The molecule has 0 saturated carbocycles. The minimum Gasteiger partial charge on any atom is -0.453 e. The average molecular weight is 584 g/mol. The molecule has 0 spiro atoms. The van der Waals surface area contributed by atoms with Gasteiger partial charge in [0.2, 0.25) is 5.91 Å². The Morgan fingerprint density at radius 2 is 1.70 bits per heavy atom. The van der Waals surface area contributed by atoms with E-state index < -0.39 is 41.7 Å². The third-order valence-electron chi connectivity index (χ3n) is 7.22. The van der Waals surface area contributed by atoms with Crippen molar-refractivity contribution in [2.75, 3.05) is 13.7 Å². The molecule has 1 aliphatic rings. The second-order valence-electron chi connectivity index (χ2n) is 10.3. The second kappa shape index (κ2) is 14.4. The standard InChI is InChI=1S/C32H35N6O5/c1-19-22(18-26(30(34)38-32(42)43-2)36-27(19)29(40)24-14-9-15-35-24)28(39)25(17-21-12-7-4-8-13-21)37-31(41)23(33)16-20-10-5-3-6-11-20/h3-8,10-13,18,23-25,35H,1,9,14-17,33H2,2H3,(H,37,41)(H2,34,38,42)/t23-,24-,25-/m0/s1. The number of Topliss-reactive ketones (excluding diaryl/α,β-unsaturated/α-hetero) is 2. The van der Waals surface area contributed by atoms with Crippen LogP contribution >= 0.6 is 0 Å². The number of benzene rings is 2. The van der Waals surface area contributed by atoms with E-state index in [1.807, 2.05) is 60.7 Å². The van der Waals surface area contributed by atoms with E-state index >= 15 is 0 Å². The van der Waals surface area contributed by atoms with E-state index in [4.69, 9.17) is 11.1 Å². The molecule has 1 aliphatic heterocycles. The molecule has 0 aliphatic carbocycles. The molecule has 43 heavy (non-hydrogen) atoms. The highest BCUT2D eigenvalue weighted by molar-refractivity contribution is 6.11. The number of hydrogen-bond donors (Lipinski definition) is 5. The van der Waals surface area contributed by atoms with E-state index in [0.29, 0.717) is 13.0 Å². The van der Waals surface area contributed by atoms with Crippen molar-refractivity contribution in [2.24, 2.45) is 5.73 Å². The molecule has 3 aromatic rings. The lowest BCUT2D eigenvalue weighted by molar-refractivity contribution is -0.122. The third-order valence-corrected chi connectivity index (χ3v) is 7.22. The first kappa shape index (κ1) is 31.2. The molecular formula is C32H35N6O5. The Morgan fingerprint density at radius 3 is 2.28 bits per heavy atom. The number of nitrogens with one attached hydrogen (secondary N) is 4. The number of aromatic nitrogens is 1. The maximum absolute atomic E-state index is 14.2. The molecule has 1 fully saturated rings. The van der Waals surface area contributed by atoms with Crippen molar-refractivity contribution in [2.45, 2.75) is 43.8 Å². The summed E-state index contributed by atoms with van der Waals surface area (Å²) in [5.74, 6) is -1.91. The number of rotatable bonds is 11.